The van der Waals surface area contributed by atoms with E-state index in [0.717, 1.165) is 12.1 Å². The van der Waals surface area contributed by atoms with Crippen LogP contribution in [0.4, 0.5) is 0 Å². The summed E-state index contributed by atoms with van der Waals surface area (Å²) in [6.07, 6.45) is 0. The number of hydrogen-bond acceptors (Lipinski definition) is 4. The van der Waals surface area contributed by atoms with Crippen LogP contribution >= 0.6 is 12.4 Å². The molecule has 1 aliphatic heterocycles. The Bertz CT molecular complexity index is 546. The molecule has 7 heteroatoms. The molecule has 1 N–H and O–H groups in total. The van der Waals surface area contributed by atoms with Gasteiger partial charge in [0, 0.05) is 32.2 Å². The van der Waals surface area contributed by atoms with E-state index in [9.17, 15) is 8.42 Å². The fraction of sp³-hybridized carbons (Fsp3) is 0.571. The standard InChI is InChI=1S/C14H23N3O2S.ClH/c1-12-10-17(9-8-15-12)20(18,19)14-6-4-13(5-7-14)11-16(2)3;/h4-7,12,15H,8-11H2,1-3H3;1H. The fourth-order valence-corrected chi connectivity index (χ4v) is 3.93. The van der Waals surface area contributed by atoms with Crippen LogP contribution < -0.4 is 5.32 Å². The maximum Gasteiger partial charge on any atom is 0.243 e. The van der Waals surface area contributed by atoms with Crippen LogP contribution in [0.2, 0.25) is 0 Å². The lowest BCUT2D eigenvalue weighted by Gasteiger charge is -2.31. The number of nitrogens with zero attached hydrogens (tertiary/aromatic N) is 2. The molecular formula is C14H24ClN3O2S. The van der Waals surface area contributed by atoms with E-state index in [0.29, 0.717) is 24.5 Å². The molecule has 1 aliphatic rings. The second kappa shape index (κ2) is 7.56. The van der Waals surface area contributed by atoms with Crippen molar-refractivity contribution in [1.29, 1.82) is 0 Å². The molecule has 0 saturated carbocycles. The van der Waals surface area contributed by atoms with Crippen LogP contribution in [0.15, 0.2) is 29.2 Å². The molecule has 0 spiro atoms. The van der Waals surface area contributed by atoms with E-state index in [1.807, 2.05) is 33.2 Å². The molecule has 2 rings (SSSR count). The minimum absolute atomic E-state index is 0. The maximum absolute atomic E-state index is 12.6. The first kappa shape index (κ1) is 18.4. The Kier molecular flexibility index (Phi) is 6.62. The fourth-order valence-electron chi connectivity index (χ4n) is 2.40. The molecule has 1 unspecified atom stereocenters. The summed E-state index contributed by atoms with van der Waals surface area (Å²) in [7, 11) is 0.625. The van der Waals surface area contributed by atoms with Gasteiger partial charge in [0.2, 0.25) is 10.0 Å². The van der Waals surface area contributed by atoms with Crippen molar-refractivity contribution < 1.29 is 8.42 Å². The molecular weight excluding hydrogens is 310 g/mol. The Labute approximate surface area is 133 Å². The third-order valence-electron chi connectivity index (χ3n) is 3.39. The van der Waals surface area contributed by atoms with Crippen molar-refractivity contribution in [2.24, 2.45) is 0 Å². The highest BCUT2D eigenvalue weighted by Gasteiger charge is 2.28. The van der Waals surface area contributed by atoms with E-state index < -0.39 is 10.0 Å². The normalized spacial score (nSPS) is 20.3. The molecule has 0 amide bonds. The number of rotatable bonds is 4. The minimum Gasteiger partial charge on any atom is -0.312 e. The quantitative estimate of drug-likeness (QED) is 0.898. The van der Waals surface area contributed by atoms with E-state index in [2.05, 4.69) is 10.2 Å². The smallest absolute Gasteiger partial charge is 0.243 e. The van der Waals surface area contributed by atoms with Crippen molar-refractivity contribution in [1.82, 2.24) is 14.5 Å². The number of benzene rings is 1. The van der Waals surface area contributed by atoms with Gasteiger partial charge in [-0.15, -0.1) is 12.4 Å². The summed E-state index contributed by atoms with van der Waals surface area (Å²) in [5.74, 6) is 0. The first-order valence-electron chi connectivity index (χ1n) is 6.87. The van der Waals surface area contributed by atoms with Crippen LogP contribution in [-0.4, -0.2) is 57.4 Å². The number of sulfonamides is 1. The van der Waals surface area contributed by atoms with Gasteiger partial charge in [-0.1, -0.05) is 12.1 Å². The number of piperazine rings is 1. The molecule has 1 aromatic rings. The van der Waals surface area contributed by atoms with Crippen molar-refractivity contribution in [3.05, 3.63) is 29.8 Å². The largest absolute Gasteiger partial charge is 0.312 e. The van der Waals surface area contributed by atoms with E-state index >= 15 is 0 Å². The third kappa shape index (κ3) is 4.66. The Morgan fingerprint density at radius 1 is 1.29 bits per heavy atom. The monoisotopic (exact) mass is 333 g/mol. The Balaban J connectivity index is 0.00000220. The number of halogens is 1. The van der Waals surface area contributed by atoms with Crippen molar-refractivity contribution in [2.45, 2.75) is 24.4 Å². The van der Waals surface area contributed by atoms with Gasteiger partial charge in [-0.2, -0.15) is 4.31 Å². The molecule has 1 saturated heterocycles. The SMILES string of the molecule is CC1CN(S(=O)(=O)c2ccc(CN(C)C)cc2)CCN1.Cl. The zero-order valence-electron chi connectivity index (χ0n) is 12.7. The van der Waals surface area contributed by atoms with Crippen molar-refractivity contribution in [3.63, 3.8) is 0 Å². The predicted octanol–water partition coefficient (Wildman–Crippen LogP) is 1.15. The van der Waals surface area contributed by atoms with E-state index in [-0.39, 0.29) is 18.4 Å². The van der Waals surface area contributed by atoms with Crippen molar-refractivity contribution >= 4 is 22.4 Å². The molecule has 21 heavy (non-hydrogen) atoms. The average molecular weight is 334 g/mol. The number of hydrogen-bond donors (Lipinski definition) is 1. The van der Waals surface area contributed by atoms with Gasteiger partial charge in [0.15, 0.2) is 0 Å². The van der Waals surface area contributed by atoms with Gasteiger partial charge in [-0.25, -0.2) is 8.42 Å². The van der Waals surface area contributed by atoms with Gasteiger partial charge in [0.1, 0.15) is 0 Å². The summed E-state index contributed by atoms with van der Waals surface area (Å²) < 4.78 is 26.7. The molecule has 0 aliphatic carbocycles. The average Bonchev–Trinajstić information content (AvgIpc) is 2.38. The summed E-state index contributed by atoms with van der Waals surface area (Å²) in [6.45, 7) is 4.58. The minimum atomic E-state index is -3.36. The first-order chi connectivity index (χ1) is 9.39. The Morgan fingerprint density at radius 2 is 1.90 bits per heavy atom. The second-order valence-corrected chi connectivity index (χ2v) is 7.54. The Morgan fingerprint density at radius 3 is 2.43 bits per heavy atom. The highest BCUT2D eigenvalue weighted by atomic mass is 35.5. The Hall–Kier alpha value is -0.660. The predicted molar refractivity (Wildman–Crippen MR) is 87.3 cm³/mol. The van der Waals surface area contributed by atoms with Crippen molar-refractivity contribution in [3.8, 4) is 0 Å². The van der Waals surface area contributed by atoms with Crippen LogP contribution in [0.1, 0.15) is 12.5 Å². The second-order valence-electron chi connectivity index (χ2n) is 5.60. The molecule has 1 atom stereocenters. The highest BCUT2D eigenvalue weighted by molar-refractivity contribution is 7.89. The molecule has 0 bridgehead atoms. The molecule has 1 fully saturated rings. The van der Waals surface area contributed by atoms with Gasteiger partial charge < -0.3 is 10.2 Å². The zero-order valence-corrected chi connectivity index (χ0v) is 14.4. The van der Waals surface area contributed by atoms with Gasteiger partial charge in [0.05, 0.1) is 4.90 Å². The molecule has 0 aromatic heterocycles. The zero-order chi connectivity index (χ0) is 14.8. The summed E-state index contributed by atoms with van der Waals surface area (Å²) in [6, 6.07) is 7.39. The lowest BCUT2D eigenvalue weighted by Crippen LogP contribution is -2.51. The molecule has 1 heterocycles. The van der Waals surface area contributed by atoms with E-state index in [1.165, 1.54) is 0 Å². The van der Waals surface area contributed by atoms with Gasteiger partial charge in [0.25, 0.3) is 0 Å². The summed E-state index contributed by atoms with van der Waals surface area (Å²) in [4.78, 5) is 2.44. The van der Waals surface area contributed by atoms with Crippen molar-refractivity contribution in [2.75, 3.05) is 33.7 Å². The van der Waals surface area contributed by atoms with E-state index in [1.54, 1.807) is 16.4 Å². The van der Waals surface area contributed by atoms with E-state index in [4.69, 9.17) is 0 Å². The van der Waals surface area contributed by atoms with Gasteiger partial charge >= 0.3 is 0 Å². The lowest BCUT2D eigenvalue weighted by molar-refractivity contribution is 0.310. The highest BCUT2D eigenvalue weighted by Crippen LogP contribution is 2.18. The first-order valence-corrected chi connectivity index (χ1v) is 8.31. The van der Waals surface area contributed by atoms with Gasteiger partial charge in [-0.3, -0.25) is 0 Å². The summed E-state index contributed by atoms with van der Waals surface area (Å²) >= 11 is 0. The van der Waals surface area contributed by atoms with Crippen LogP contribution in [0.25, 0.3) is 0 Å². The molecule has 120 valence electrons. The van der Waals surface area contributed by atoms with Gasteiger partial charge in [-0.05, 0) is 38.7 Å². The molecule has 0 radical (unpaired) electrons. The van der Waals surface area contributed by atoms with Crippen LogP contribution in [-0.2, 0) is 16.6 Å². The molecule has 5 nitrogen and oxygen atoms in total. The van der Waals surface area contributed by atoms with Crippen LogP contribution in [0.3, 0.4) is 0 Å². The number of nitrogens with one attached hydrogen (secondary N) is 1. The topological polar surface area (TPSA) is 52.7 Å². The molecule has 1 aromatic carbocycles. The maximum atomic E-state index is 12.6. The van der Waals surface area contributed by atoms with Crippen LogP contribution in [0.5, 0.6) is 0 Å². The summed E-state index contributed by atoms with van der Waals surface area (Å²) in [5.41, 5.74) is 1.11. The summed E-state index contributed by atoms with van der Waals surface area (Å²) in [5, 5.41) is 3.25. The lowest BCUT2D eigenvalue weighted by atomic mass is 10.2. The van der Waals surface area contributed by atoms with Crippen LogP contribution in [0, 0.1) is 0 Å². The third-order valence-corrected chi connectivity index (χ3v) is 5.27.